The Morgan fingerprint density at radius 2 is 0.500 bits per heavy atom. The van der Waals surface area contributed by atoms with E-state index in [4.69, 9.17) is 0 Å². The summed E-state index contributed by atoms with van der Waals surface area (Å²) < 4.78 is 0. The van der Waals surface area contributed by atoms with E-state index in [1.54, 1.807) is 0 Å². The van der Waals surface area contributed by atoms with E-state index in [1.807, 2.05) is 0 Å². The van der Waals surface area contributed by atoms with Crippen LogP contribution in [0, 0.1) is 0 Å². The highest BCUT2D eigenvalue weighted by molar-refractivity contribution is 5.75. The summed E-state index contributed by atoms with van der Waals surface area (Å²) in [5.41, 5.74) is 0. The lowest BCUT2D eigenvalue weighted by Crippen LogP contribution is -0.381. The Labute approximate surface area is 31.8 Å². The highest BCUT2D eigenvalue weighted by Gasteiger charge is 0.0000397. The highest BCUT2D eigenvalue weighted by Crippen LogP contribution is 0.146. The summed E-state index contributed by atoms with van der Waals surface area (Å²) in [5.74, 6) is 0. The van der Waals surface area contributed by atoms with Gasteiger partial charge in [-0.15, -0.1) is 0 Å². The molecular weight excluding hydrogens is 46.8 g/mol. The van der Waals surface area contributed by atoms with Gasteiger partial charge in [-0.05, 0) is 0 Å². The first-order valence-corrected chi connectivity index (χ1v) is 0. The molecule has 0 aromatic carbocycles. The summed E-state index contributed by atoms with van der Waals surface area (Å²) in [4.78, 5) is 0. The molecule has 0 saturated carbocycles. The van der Waals surface area contributed by atoms with Crippen molar-refractivity contribution in [2.24, 2.45) is 0 Å². The van der Waals surface area contributed by atoms with Gasteiger partial charge >= 0.3 is 0 Å². The van der Waals surface area contributed by atoms with Crippen molar-refractivity contribution in [2.75, 3.05) is 0 Å². The third kappa shape index (κ3) is 555. The lowest BCUT2D eigenvalue weighted by atomic mass is 10.8. The van der Waals surface area contributed by atoms with E-state index in [1.165, 1.54) is 0 Å². The number of hydrogen-bond donors (Lipinski definition) is 0. The van der Waals surface area contributed by atoms with Gasteiger partial charge in [0.15, 0.2) is 0 Å². The summed E-state index contributed by atoms with van der Waals surface area (Å²) in [7, 11) is 0. The van der Waals surface area contributed by atoms with Crippen LogP contribution in [0.25, 0.3) is 0 Å². The van der Waals surface area contributed by atoms with Gasteiger partial charge in [-0.1, -0.05) is 22.3 Å². The van der Waals surface area contributed by atoms with Crippen LogP contribution in [0.4, 0.5) is 0 Å². The molecule has 0 bridgehead atoms. The van der Waals surface area contributed by atoms with Crippen LogP contribution >= 0.6 is 0 Å². The lowest BCUT2D eigenvalue weighted by Gasteiger charge is -0.0786. The molecular formula is C3H12B. The van der Waals surface area contributed by atoms with Crippen LogP contribution in [0.15, 0.2) is 0 Å². The molecule has 27 valence electrons. The second-order valence-electron chi connectivity index (χ2n) is 0. The second kappa shape index (κ2) is 3100. The average Bonchev–Trinajstić information content (AvgIpc) is 0. The van der Waals surface area contributed by atoms with E-state index in [0.29, 0.717) is 0 Å². The minimum absolute atomic E-state index is 0. The monoisotopic (exact) mass is 59.1 g/mol. The predicted molar refractivity (Wildman–Crippen MR) is 25.9 cm³/mol. The van der Waals surface area contributed by atoms with Crippen molar-refractivity contribution in [1.82, 2.24) is 0 Å². The Kier molecular flexibility index (Phi) is 7020000. The zero-order valence-electron chi connectivity index (χ0n) is 0.577. The largest absolute Gasteiger partial charge is 0.0776 e. The van der Waals surface area contributed by atoms with E-state index in [9.17, 15) is 0 Å². The van der Waals surface area contributed by atoms with Crippen LogP contribution in [0.3, 0.4) is 0 Å². The first-order valence-electron chi connectivity index (χ1n) is 0. The van der Waals surface area contributed by atoms with Crippen LogP contribution in [0.1, 0.15) is 22.3 Å². The minimum atomic E-state index is 0. The third-order valence-electron chi connectivity index (χ3n) is 0. The van der Waals surface area contributed by atoms with Gasteiger partial charge in [0.05, 0.1) is 0 Å². The molecule has 0 rings (SSSR count). The fourth-order valence-corrected chi connectivity index (χ4v) is 0. The molecule has 0 atom stereocenters. The fraction of sp³-hybridized carbons (Fsp3) is 1.00. The Balaban J connectivity index is 0. The molecule has 0 fully saturated rings. The van der Waals surface area contributed by atoms with Gasteiger partial charge in [0.1, 0.15) is 0 Å². The average molecular weight is 58.9 g/mol. The Hall–Kier alpha value is 0.0649. The van der Waals surface area contributed by atoms with E-state index >= 15 is 0 Å². The second-order valence-corrected chi connectivity index (χ2v) is 0. The number of hydrogen-bond acceptors (Lipinski definition) is 0. The molecule has 3 radical (unpaired) electrons. The van der Waals surface area contributed by atoms with Gasteiger partial charge in [0.25, 0.3) is 0 Å². The third-order valence-corrected chi connectivity index (χ3v) is 0. The molecule has 0 amide bonds. The van der Waals surface area contributed by atoms with E-state index in [0.717, 1.165) is 0 Å². The number of rotatable bonds is 0. The summed E-state index contributed by atoms with van der Waals surface area (Å²) in [6, 6.07) is 0. The van der Waals surface area contributed by atoms with E-state index in [-0.39, 0.29) is 30.7 Å². The first-order chi connectivity index (χ1) is 0. The van der Waals surface area contributed by atoms with Crippen LogP contribution in [-0.2, 0) is 0 Å². The van der Waals surface area contributed by atoms with Crippen molar-refractivity contribution in [3.63, 3.8) is 0 Å². The summed E-state index contributed by atoms with van der Waals surface area (Å²) in [6.07, 6.45) is 0. The standard InChI is InChI=1S/3CH4.B/h3*1H4;. The molecule has 0 saturated heterocycles. The Morgan fingerprint density at radius 1 is 0.500 bits per heavy atom. The Morgan fingerprint density at radius 3 is 0.500 bits per heavy atom. The normalized spacial score (nSPS) is 0. The highest BCUT2D eigenvalue weighted by atomic mass is 12.0. The molecule has 0 aliphatic carbocycles. The predicted octanol–water partition coefficient (Wildman–Crippen LogP) is 1.53. The molecule has 0 spiro atoms. The molecule has 0 nitrogen and oxygen atoms in total. The van der Waals surface area contributed by atoms with E-state index < -0.39 is 0 Å². The van der Waals surface area contributed by atoms with Crippen LogP contribution in [0.5, 0.6) is 0 Å². The minimum Gasteiger partial charge on any atom is -0.0776 e. The lowest BCUT2D eigenvalue weighted by molar-refractivity contribution is 2.50. The molecule has 1 heteroatoms. The molecule has 0 unspecified atom stereocenters. The van der Waals surface area contributed by atoms with Crippen molar-refractivity contribution in [1.29, 1.82) is 0 Å². The van der Waals surface area contributed by atoms with Crippen molar-refractivity contribution in [3.05, 3.63) is 0 Å². The van der Waals surface area contributed by atoms with Crippen molar-refractivity contribution < 1.29 is 0 Å². The molecule has 0 aliphatic heterocycles. The molecule has 0 aromatic heterocycles. The maximum Gasteiger partial charge on any atom is 0 e. The zero-order chi connectivity index (χ0) is 0. The van der Waals surface area contributed by atoms with Crippen molar-refractivity contribution in [3.8, 4) is 0 Å². The van der Waals surface area contributed by atoms with Gasteiger partial charge in [-0.25, -0.2) is 0 Å². The van der Waals surface area contributed by atoms with Crippen molar-refractivity contribution in [2.45, 2.75) is 22.3 Å². The fourth-order valence-electron chi connectivity index (χ4n) is 0. The van der Waals surface area contributed by atoms with Crippen molar-refractivity contribution >= 4 is 8.41 Å². The molecule has 4 heavy (non-hydrogen) atoms. The maximum atomic E-state index is 0. The molecule has 0 aliphatic rings. The van der Waals surface area contributed by atoms with Gasteiger partial charge in [-0.2, -0.15) is 0 Å². The summed E-state index contributed by atoms with van der Waals surface area (Å²) >= 11 is 0. The molecule has 0 heterocycles. The van der Waals surface area contributed by atoms with Gasteiger partial charge < -0.3 is 0 Å². The smallest absolute Gasteiger partial charge is 0 e. The zero-order valence-corrected chi connectivity index (χ0v) is 0.577. The van der Waals surface area contributed by atoms with Gasteiger partial charge in [0.2, 0.25) is 0 Å². The molecule has 0 aromatic rings. The van der Waals surface area contributed by atoms with Crippen LogP contribution in [-0.4, -0.2) is 8.41 Å². The van der Waals surface area contributed by atoms with Crippen LogP contribution < -0.4 is 0 Å². The van der Waals surface area contributed by atoms with E-state index in [2.05, 4.69) is 0 Å². The summed E-state index contributed by atoms with van der Waals surface area (Å²) in [6.45, 7) is 0. The Bertz CT molecular complexity index is 3.25. The quantitative estimate of drug-likeness (QED) is 0.371. The van der Waals surface area contributed by atoms with Gasteiger partial charge in [-0.3, -0.25) is 0 Å². The van der Waals surface area contributed by atoms with Gasteiger partial charge in [0, 0.05) is 8.41 Å². The van der Waals surface area contributed by atoms with Crippen LogP contribution in [0.2, 0.25) is 0 Å². The maximum absolute atomic E-state index is 0. The SMILES string of the molecule is C.C.C.[B]. The first kappa shape index (κ1) is 9060. The summed E-state index contributed by atoms with van der Waals surface area (Å²) in [5, 5.41) is 0. The topological polar surface area (TPSA) is 0 Å². The molecule has 0 N–H and O–H groups in total.